The van der Waals surface area contributed by atoms with E-state index in [0.717, 1.165) is 11.1 Å². The van der Waals surface area contributed by atoms with Crippen molar-refractivity contribution in [2.45, 2.75) is 12.5 Å². The highest BCUT2D eigenvalue weighted by atomic mass is 19.4. The lowest BCUT2D eigenvalue weighted by Gasteiger charge is -2.16. The van der Waals surface area contributed by atoms with Crippen LogP contribution in [0.15, 0.2) is 48.5 Å². The van der Waals surface area contributed by atoms with Crippen molar-refractivity contribution >= 4 is 0 Å². The fraction of sp³-hybridized carbons (Fsp3) is 0.143. The van der Waals surface area contributed by atoms with Crippen molar-refractivity contribution in [1.29, 1.82) is 0 Å². The summed E-state index contributed by atoms with van der Waals surface area (Å²) in [6.45, 7) is 0. The Morgan fingerprint density at radius 3 is 1.67 bits per heavy atom. The molecule has 2 aromatic carbocycles. The van der Waals surface area contributed by atoms with Gasteiger partial charge in [-0.3, -0.25) is 4.74 Å². The zero-order valence-electron chi connectivity index (χ0n) is 9.24. The van der Waals surface area contributed by atoms with Crippen LogP contribution in [0.5, 0.6) is 0 Å². The minimum absolute atomic E-state index is 0.566. The molecule has 0 unspecified atom stereocenters. The lowest BCUT2D eigenvalue weighted by atomic mass is 10.1. The van der Waals surface area contributed by atoms with Crippen LogP contribution in [0.1, 0.15) is 17.2 Å². The van der Waals surface area contributed by atoms with Gasteiger partial charge >= 0.3 is 6.36 Å². The second-order valence-electron chi connectivity index (χ2n) is 4.12. The van der Waals surface area contributed by atoms with Crippen molar-refractivity contribution in [1.82, 2.24) is 0 Å². The predicted molar refractivity (Wildman–Crippen MR) is 60.9 cm³/mol. The molecule has 0 spiro atoms. The Bertz CT molecular complexity index is 544. The molecule has 1 aliphatic carbocycles. The quantitative estimate of drug-likeness (QED) is 0.733. The highest BCUT2D eigenvalue weighted by molar-refractivity contribution is 5.78. The Labute approximate surface area is 102 Å². The van der Waals surface area contributed by atoms with Gasteiger partial charge < -0.3 is 0 Å². The standard InChI is InChI=1S/C14H9F3O/c15-14(16,17)18-13-11-7-3-1-5-9(11)10-6-2-4-8-12(10)13/h1-8,13H. The van der Waals surface area contributed by atoms with E-state index >= 15 is 0 Å². The molecule has 1 nitrogen and oxygen atoms in total. The van der Waals surface area contributed by atoms with Gasteiger partial charge in [0.25, 0.3) is 0 Å². The van der Waals surface area contributed by atoms with E-state index in [1.54, 1.807) is 24.3 Å². The average molecular weight is 250 g/mol. The molecular weight excluding hydrogens is 241 g/mol. The Morgan fingerprint density at radius 1 is 0.778 bits per heavy atom. The molecule has 0 aromatic heterocycles. The Balaban J connectivity index is 2.15. The van der Waals surface area contributed by atoms with Crippen LogP contribution in [0.4, 0.5) is 13.2 Å². The number of rotatable bonds is 1. The maximum Gasteiger partial charge on any atom is 0.523 e. The normalized spacial score (nSPS) is 14.4. The van der Waals surface area contributed by atoms with Crippen molar-refractivity contribution in [2.24, 2.45) is 0 Å². The van der Waals surface area contributed by atoms with Crippen molar-refractivity contribution in [3.8, 4) is 11.1 Å². The first-order valence-corrected chi connectivity index (χ1v) is 5.49. The molecule has 0 heterocycles. The number of fused-ring (bicyclic) bond motifs is 3. The summed E-state index contributed by atoms with van der Waals surface area (Å²) in [6.07, 6.45) is -5.70. The largest absolute Gasteiger partial charge is 0.523 e. The van der Waals surface area contributed by atoms with E-state index < -0.39 is 12.5 Å². The third kappa shape index (κ3) is 1.78. The van der Waals surface area contributed by atoms with Crippen LogP contribution in [-0.2, 0) is 4.74 Å². The Morgan fingerprint density at radius 2 is 1.22 bits per heavy atom. The molecule has 2 aromatic rings. The summed E-state index contributed by atoms with van der Waals surface area (Å²) in [4.78, 5) is 0. The van der Waals surface area contributed by atoms with Crippen LogP contribution in [0.3, 0.4) is 0 Å². The molecule has 0 amide bonds. The zero-order chi connectivity index (χ0) is 12.8. The van der Waals surface area contributed by atoms with E-state index in [0.29, 0.717) is 11.1 Å². The first-order valence-electron chi connectivity index (χ1n) is 5.49. The van der Waals surface area contributed by atoms with Gasteiger partial charge in [0.2, 0.25) is 0 Å². The van der Waals surface area contributed by atoms with Gasteiger partial charge in [-0.15, -0.1) is 13.2 Å². The van der Waals surface area contributed by atoms with Crippen molar-refractivity contribution in [3.05, 3.63) is 59.7 Å². The summed E-state index contributed by atoms with van der Waals surface area (Å²) in [7, 11) is 0. The number of benzene rings is 2. The molecule has 3 rings (SSSR count). The van der Waals surface area contributed by atoms with E-state index in [4.69, 9.17) is 0 Å². The number of alkyl halides is 3. The van der Waals surface area contributed by atoms with Gasteiger partial charge in [-0.1, -0.05) is 48.5 Å². The van der Waals surface area contributed by atoms with Gasteiger partial charge in [-0.05, 0) is 22.3 Å². The summed E-state index contributed by atoms with van der Waals surface area (Å²) in [6, 6.07) is 14.0. The van der Waals surface area contributed by atoms with E-state index in [1.165, 1.54) is 0 Å². The van der Waals surface area contributed by atoms with Crippen molar-refractivity contribution in [2.75, 3.05) is 0 Å². The van der Waals surface area contributed by atoms with E-state index in [-0.39, 0.29) is 0 Å². The third-order valence-electron chi connectivity index (χ3n) is 3.03. The minimum Gasteiger partial charge on any atom is -0.279 e. The van der Waals surface area contributed by atoms with Gasteiger partial charge in [-0.25, -0.2) is 0 Å². The zero-order valence-corrected chi connectivity index (χ0v) is 9.24. The minimum atomic E-state index is -4.64. The maximum atomic E-state index is 12.5. The molecular formula is C14H9F3O. The second-order valence-corrected chi connectivity index (χ2v) is 4.12. The lowest BCUT2D eigenvalue weighted by molar-refractivity contribution is -0.338. The molecule has 18 heavy (non-hydrogen) atoms. The maximum absolute atomic E-state index is 12.5. The second kappa shape index (κ2) is 3.85. The molecule has 0 bridgehead atoms. The van der Waals surface area contributed by atoms with Crippen LogP contribution >= 0.6 is 0 Å². The number of halogens is 3. The highest BCUT2D eigenvalue weighted by Gasteiger charge is 2.39. The van der Waals surface area contributed by atoms with E-state index in [9.17, 15) is 13.2 Å². The molecule has 1 aliphatic rings. The smallest absolute Gasteiger partial charge is 0.279 e. The summed E-state index contributed by atoms with van der Waals surface area (Å²) >= 11 is 0. The van der Waals surface area contributed by atoms with Gasteiger partial charge in [0, 0.05) is 0 Å². The first kappa shape index (κ1) is 11.3. The van der Waals surface area contributed by atoms with Gasteiger partial charge in [0.05, 0.1) is 0 Å². The van der Waals surface area contributed by atoms with Crippen LogP contribution in [0, 0.1) is 0 Å². The number of ether oxygens (including phenoxy) is 1. The van der Waals surface area contributed by atoms with Crippen LogP contribution in [0.2, 0.25) is 0 Å². The highest BCUT2D eigenvalue weighted by Crippen LogP contribution is 2.47. The summed E-state index contributed by atoms with van der Waals surface area (Å²) in [5.74, 6) is 0. The molecule has 0 radical (unpaired) electrons. The van der Waals surface area contributed by atoms with Crippen molar-refractivity contribution in [3.63, 3.8) is 0 Å². The Kier molecular flexibility index (Phi) is 2.41. The molecule has 0 aliphatic heterocycles. The van der Waals surface area contributed by atoms with Gasteiger partial charge in [0.15, 0.2) is 0 Å². The molecule has 0 fully saturated rings. The molecule has 0 atom stereocenters. The van der Waals surface area contributed by atoms with Crippen LogP contribution < -0.4 is 0 Å². The van der Waals surface area contributed by atoms with Gasteiger partial charge in [0.1, 0.15) is 6.10 Å². The number of hydrogen-bond acceptors (Lipinski definition) is 1. The summed E-state index contributed by atoms with van der Waals surface area (Å²) in [5.41, 5.74) is 2.75. The lowest BCUT2D eigenvalue weighted by Crippen LogP contribution is -2.17. The molecule has 0 saturated heterocycles. The summed E-state index contributed by atoms with van der Waals surface area (Å²) < 4.78 is 41.7. The summed E-state index contributed by atoms with van der Waals surface area (Å²) in [5, 5.41) is 0. The molecule has 0 saturated carbocycles. The third-order valence-corrected chi connectivity index (χ3v) is 3.03. The number of hydrogen-bond donors (Lipinski definition) is 0. The fourth-order valence-corrected chi connectivity index (χ4v) is 2.37. The molecule has 92 valence electrons. The fourth-order valence-electron chi connectivity index (χ4n) is 2.37. The molecule has 4 heteroatoms. The van der Waals surface area contributed by atoms with Crippen LogP contribution in [0.25, 0.3) is 11.1 Å². The predicted octanol–water partition coefficient (Wildman–Crippen LogP) is 4.29. The van der Waals surface area contributed by atoms with Crippen LogP contribution in [-0.4, -0.2) is 6.36 Å². The Hall–Kier alpha value is -1.81. The topological polar surface area (TPSA) is 9.23 Å². The monoisotopic (exact) mass is 250 g/mol. The first-order chi connectivity index (χ1) is 8.56. The molecule has 0 N–H and O–H groups in total. The average Bonchev–Trinajstić information content (AvgIpc) is 2.64. The van der Waals surface area contributed by atoms with E-state index in [2.05, 4.69) is 4.74 Å². The van der Waals surface area contributed by atoms with Gasteiger partial charge in [-0.2, -0.15) is 0 Å². The SMILES string of the molecule is FC(F)(F)OC1c2ccccc2-c2ccccc21. The van der Waals surface area contributed by atoms with Crippen molar-refractivity contribution < 1.29 is 17.9 Å². The van der Waals surface area contributed by atoms with E-state index in [1.807, 2.05) is 24.3 Å².